The van der Waals surface area contributed by atoms with Gasteiger partial charge in [-0.2, -0.15) is 0 Å². The molecule has 15 heavy (non-hydrogen) atoms. The number of fused-ring (bicyclic) bond motifs is 1. The molecule has 0 bridgehead atoms. The Morgan fingerprint density at radius 3 is 2.93 bits per heavy atom. The molecule has 0 fully saturated rings. The van der Waals surface area contributed by atoms with Gasteiger partial charge in [-0.15, -0.1) is 0 Å². The smallest absolute Gasteiger partial charge is 0.162 e. The Balaban J connectivity index is 2.86. The van der Waals surface area contributed by atoms with Crippen molar-refractivity contribution < 1.29 is 9.53 Å². The van der Waals surface area contributed by atoms with E-state index in [4.69, 9.17) is 16.3 Å². The standard InChI is InChI=1S/C10H9ClN2O2/c1-5(14)6-3-12-9-8(6)7(15-2)4-13-10(9)11/h3-4,12H,1-2H3. The first-order valence-corrected chi connectivity index (χ1v) is 4.73. The predicted molar refractivity (Wildman–Crippen MR) is 57.7 cm³/mol. The summed E-state index contributed by atoms with van der Waals surface area (Å²) in [6.07, 6.45) is 3.12. The Morgan fingerprint density at radius 2 is 2.33 bits per heavy atom. The topological polar surface area (TPSA) is 55.0 Å². The Hall–Kier alpha value is -1.55. The van der Waals surface area contributed by atoms with Crippen LogP contribution in [0.4, 0.5) is 0 Å². The van der Waals surface area contributed by atoms with Crippen LogP contribution in [0, 0.1) is 0 Å². The van der Waals surface area contributed by atoms with Gasteiger partial charge >= 0.3 is 0 Å². The van der Waals surface area contributed by atoms with Gasteiger partial charge in [0.1, 0.15) is 5.75 Å². The minimum absolute atomic E-state index is 0.0400. The third kappa shape index (κ3) is 1.47. The van der Waals surface area contributed by atoms with E-state index in [1.165, 1.54) is 20.2 Å². The molecule has 4 nitrogen and oxygen atoms in total. The molecule has 2 heterocycles. The molecule has 0 radical (unpaired) electrons. The van der Waals surface area contributed by atoms with Crippen LogP contribution in [0.5, 0.6) is 5.75 Å². The molecule has 0 amide bonds. The van der Waals surface area contributed by atoms with Gasteiger partial charge in [-0.1, -0.05) is 11.6 Å². The van der Waals surface area contributed by atoms with Gasteiger partial charge in [0.05, 0.1) is 24.2 Å². The molecular formula is C10H9ClN2O2. The summed E-state index contributed by atoms with van der Waals surface area (Å²) in [7, 11) is 1.53. The van der Waals surface area contributed by atoms with Crippen LogP contribution in [0.3, 0.4) is 0 Å². The van der Waals surface area contributed by atoms with Gasteiger partial charge < -0.3 is 9.72 Å². The lowest BCUT2D eigenvalue weighted by Gasteiger charge is -2.03. The quantitative estimate of drug-likeness (QED) is 0.630. The highest BCUT2D eigenvalue weighted by Crippen LogP contribution is 2.31. The fourth-order valence-corrected chi connectivity index (χ4v) is 1.72. The van der Waals surface area contributed by atoms with Gasteiger partial charge in [0.15, 0.2) is 10.9 Å². The Labute approximate surface area is 91.2 Å². The highest BCUT2D eigenvalue weighted by molar-refractivity contribution is 6.34. The first-order chi connectivity index (χ1) is 7.15. The number of H-pyrrole nitrogens is 1. The second-order valence-electron chi connectivity index (χ2n) is 3.13. The van der Waals surface area contributed by atoms with Crippen molar-refractivity contribution >= 4 is 28.3 Å². The summed E-state index contributed by atoms with van der Waals surface area (Å²) < 4.78 is 5.14. The lowest BCUT2D eigenvalue weighted by molar-refractivity contribution is 0.101. The third-order valence-corrected chi connectivity index (χ3v) is 2.51. The largest absolute Gasteiger partial charge is 0.494 e. The van der Waals surface area contributed by atoms with E-state index < -0.39 is 0 Å². The number of aromatic nitrogens is 2. The van der Waals surface area contributed by atoms with E-state index in [1.54, 1.807) is 6.20 Å². The van der Waals surface area contributed by atoms with Gasteiger partial charge in [-0.3, -0.25) is 4.79 Å². The number of Topliss-reactive ketones (excluding diaryl/α,β-unsaturated/α-hetero) is 1. The maximum Gasteiger partial charge on any atom is 0.162 e. The van der Waals surface area contributed by atoms with Crippen LogP contribution in [0.1, 0.15) is 17.3 Å². The molecule has 5 heteroatoms. The van der Waals surface area contributed by atoms with Crippen LogP contribution in [0.2, 0.25) is 5.15 Å². The molecule has 0 saturated heterocycles. The van der Waals surface area contributed by atoms with Crippen molar-refractivity contribution in [3.05, 3.63) is 23.1 Å². The van der Waals surface area contributed by atoms with E-state index in [0.29, 0.717) is 27.4 Å². The zero-order valence-corrected chi connectivity index (χ0v) is 9.05. The monoisotopic (exact) mass is 224 g/mol. The summed E-state index contributed by atoms with van der Waals surface area (Å²) in [5.74, 6) is 0.502. The molecule has 2 aromatic heterocycles. The Kier molecular flexibility index (Phi) is 2.36. The number of pyridine rings is 1. The van der Waals surface area contributed by atoms with Crippen molar-refractivity contribution in [3.63, 3.8) is 0 Å². The zero-order chi connectivity index (χ0) is 11.0. The summed E-state index contributed by atoms with van der Waals surface area (Å²) in [5, 5.41) is 1.02. The number of hydrogen-bond acceptors (Lipinski definition) is 3. The number of hydrogen-bond donors (Lipinski definition) is 1. The SMILES string of the molecule is COc1cnc(Cl)c2[nH]cc(C(C)=O)c12. The van der Waals surface area contributed by atoms with Gasteiger partial charge in [0.25, 0.3) is 0 Å². The molecule has 0 aliphatic carbocycles. The van der Waals surface area contributed by atoms with E-state index in [9.17, 15) is 4.79 Å². The highest BCUT2D eigenvalue weighted by Gasteiger charge is 2.15. The van der Waals surface area contributed by atoms with Gasteiger partial charge in [-0.25, -0.2) is 4.98 Å². The predicted octanol–water partition coefficient (Wildman–Crippen LogP) is 2.43. The van der Waals surface area contributed by atoms with Crippen molar-refractivity contribution in [2.24, 2.45) is 0 Å². The molecule has 1 N–H and O–H groups in total. The number of carbonyl (C=O) groups is 1. The summed E-state index contributed by atoms with van der Waals surface area (Å²) in [6.45, 7) is 1.50. The fourth-order valence-electron chi connectivity index (χ4n) is 1.52. The molecule has 0 saturated carbocycles. The lowest BCUT2D eigenvalue weighted by atomic mass is 10.1. The Morgan fingerprint density at radius 1 is 1.60 bits per heavy atom. The number of ketones is 1. The number of rotatable bonds is 2. The molecular weight excluding hydrogens is 216 g/mol. The average Bonchev–Trinajstić information content (AvgIpc) is 2.64. The fraction of sp³-hybridized carbons (Fsp3) is 0.200. The van der Waals surface area contributed by atoms with Crippen LogP contribution < -0.4 is 4.74 Å². The van der Waals surface area contributed by atoms with Crippen molar-refractivity contribution in [2.45, 2.75) is 6.92 Å². The van der Waals surface area contributed by atoms with Crippen molar-refractivity contribution in [3.8, 4) is 5.75 Å². The maximum absolute atomic E-state index is 11.4. The van der Waals surface area contributed by atoms with Crippen molar-refractivity contribution in [1.29, 1.82) is 0 Å². The van der Waals surface area contributed by atoms with Gasteiger partial charge in [0, 0.05) is 11.8 Å². The summed E-state index contributed by atoms with van der Waals surface area (Å²) >= 11 is 5.89. The second-order valence-corrected chi connectivity index (χ2v) is 3.48. The molecule has 0 aromatic carbocycles. The molecule has 0 unspecified atom stereocenters. The molecule has 0 aliphatic heterocycles. The van der Waals surface area contributed by atoms with Crippen LogP contribution in [0.15, 0.2) is 12.4 Å². The minimum atomic E-state index is -0.0400. The zero-order valence-electron chi connectivity index (χ0n) is 8.30. The molecule has 0 spiro atoms. The van der Waals surface area contributed by atoms with E-state index in [2.05, 4.69) is 9.97 Å². The average molecular weight is 225 g/mol. The number of halogens is 1. The van der Waals surface area contributed by atoms with Gasteiger partial charge in [-0.05, 0) is 6.92 Å². The third-order valence-electron chi connectivity index (χ3n) is 2.23. The van der Waals surface area contributed by atoms with E-state index in [-0.39, 0.29) is 5.78 Å². The molecule has 2 aromatic rings. The number of nitrogens with zero attached hydrogens (tertiary/aromatic N) is 1. The highest BCUT2D eigenvalue weighted by atomic mass is 35.5. The van der Waals surface area contributed by atoms with Gasteiger partial charge in [0.2, 0.25) is 0 Å². The van der Waals surface area contributed by atoms with Crippen LogP contribution in [-0.2, 0) is 0 Å². The summed E-state index contributed by atoms with van der Waals surface area (Å²) in [6, 6.07) is 0. The van der Waals surface area contributed by atoms with E-state index in [0.717, 1.165) is 0 Å². The number of nitrogens with one attached hydrogen (secondary N) is 1. The van der Waals surface area contributed by atoms with Crippen LogP contribution in [-0.4, -0.2) is 22.9 Å². The second kappa shape index (κ2) is 3.55. The molecule has 2 rings (SSSR count). The molecule has 0 aliphatic rings. The number of methoxy groups -OCH3 is 1. The number of ether oxygens (including phenoxy) is 1. The van der Waals surface area contributed by atoms with Crippen molar-refractivity contribution in [1.82, 2.24) is 9.97 Å². The maximum atomic E-state index is 11.4. The first-order valence-electron chi connectivity index (χ1n) is 4.35. The van der Waals surface area contributed by atoms with Crippen molar-refractivity contribution in [2.75, 3.05) is 7.11 Å². The van der Waals surface area contributed by atoms with E-state index in [1.807, 2.05) is 0 Å². The van der Waals surface area contributed by atoms with Crippen LogP contribution in [0.25, 0.3) is 10.9 Å². The van der Waals surface area contributed by atoms with E-state index >= 15 is 0 Å². The molecule has 78 valence electrons. The normalized spacial score (nSPS) is 10.6. The summed E-state index contributed by atoms with van der Waals surface area (Å²) in [5.41, 5.74) is 1.19. The number of carbonyl (C=O) groups excluding carboxylic acids is 1. The summed E-state index contributed by atoms with van der Waals surface area (Å²) in [4.78, 5) is 18.2. The molecule has 0 atom stereocenters. The lowest BCUT2D eigenvalue weighted by Crippen LogP contribution is -1.93. The number of aromatic amines is 1. The van der Waals surface area contributed by atoms with Crippen LogP contribution >= 0.6 is 11.6 Å². The minimum Gasteiger partial charge on any atom is -0.494 e. The first kappa shape index (κ1) is 9.98. The Bertz CT molecular complexity index is 533.